The number of hydrogen-bond acceptors (Lipinski definition) is 5. The van der Waals surface area contributed by atoms with E-state index in [-0.39, 0.29) is 29.1 Å². The van der Waals surface area contributed by atoms with E-state index in [1.54, 1.807) is 6.07 Å². The van der Waals surface area contributed by atoms with Crippen molar-refractivity contribution in [3.63, 3.8) is 0 Å². The van der Waals surface area contributed by atoms with Crippen LogP contribution in [0.15, 0.2) is 41.6 Å². The zero-order valence-corrected chi connectivity index (χ0v) is 19.6. The fourth-order valence-electron chi connectivity index (χ4n) is 3.92. The number of benzene rings is 2. The predicted octanol–water partition coefficient (Wildman–Crippen LogP) is 5.80. The maximum atomic E-state index is 13.2. The Morgan fingerprint density at radius 2 is 1.50 bits per heavy atom. The Morgan fingerprint density at radius 3 is 2.00 bits per heavy atom. The van der Waals surface area contributed by atoms with E-state index in [1.165, 1.54) is 6.92 Å². The molecule has 6 heteroatoms. The molecule has 0 bridgehead atoms. The van der Waals surface area contributed by atoms with Crippen LogP contribution in [0, 0.1) is 11.8 Å². The van der Waals surface area contributed by atoms with Gasteiger partial charge in [0.2, 0.25) is 5.78 Å². The molecule has 0 aliphatic carbocycles. The number of hydrogen-bond donors (Lipinski definition) is 0. The van der Waals surface area contributed by atoms with Gasteiger partial charge in [-0.1, -0.05) is 32.9 Å². The summed E-state index contributed by atoms with van der Waals surface area (Å²) < 4.78 is 2.17. The summed E-state index contributed by atoms with van der Waals surface area (Å²) in [6, 6.07) is 11.3. The van der Waals surface area contributed by atoms with E-state index in [9.17, 15) is 14.4 Å². The maximum Gasteiger partial charge on any atom is 0.331 e. The van der Waals surface area contributed by atoms with Gasteiger partial charge in [0.25, 0.3) is 0 Å². The highest BCUT2D eigenvalue weighted by Gasteiger charge is 2.20. The van der Waals surface area contributed by atoms with Gasteiger partial charge in [-0.2, -0.15) is 0 Å². The highest BCUT2D eigenvalue weighted by atomic mass is 16.7. The minimum Gasteiger partial charge on any atom is -0.341 e. The van der Waals surface area contributed by atoms with Crippen molar-refractivity contribution in [1.82, 2.24) is 4.57 Å². The highest BCUT2D eigenvalue weighted by Crippen LogP contribution is 2.31. The van der Waals surface area contributed by atoms with Crippen LogP contribution in [0.1, 0.15) is 68.7 Å². The molecule has 0 saturated heterocycles. The maximum absolute atomic E-state index is 13.2. The van der Waals surface area contributed by atoms with E-state index in [0.717, 1.165) is 28.4 Å². The Morgan fingerprint density at radius 1 is 0.938 bits per heavy atom. The number of nitrogens with zero attached hydrogens (tertiary/aromatic N) is 2. The van der Waals surface area contributed by atoms with E-state index in [0.29, 0.717) is 17.5 Å². The van der Waals surface area contributed by atoms with Gasteiger partial charge in [0.1, 0.15) is 5.71 Å². The average molecular weight is 435 g/mol. The predicted molar refractivity (Wildman–Crippen MR) is 127 cm³/mol. The van der Waals surface area contributed by atoms with Gasteiger partial charge in [-0.3, -0.25) is 9.59 Å². The van der Waals surface area contributed by atoms with Crippen molar-refractivity contribution in [3.05, 3.63) is 47.5 Å². The summed E-state index contributed by atoms with van der Waals surface area (Å²) in [5.41, 5.74) is 3.36. The van der Waals surface area contributed by atoms with E-state index in [1.807, 2.05) is 58.0 Å². The van der Waals surface area contributed by atoms with Crippen LogP contribution in [0.5, 0.6) is 0 Å². The second-order valence-corrected chi connectivity index (χ2v) is 8.78. The number of carbonyl (C=O) groups excluding carboxylic acids is 3. The van der Waals surface area contributed by atoms with Crippen LogP contribution in [0.4, 0.5) is 0 Å². The number of Topliss-reactive ketones (excluding diaryl/α,β-unsaturated/α-hetero) is 2. The molecule has 1 aromatic heterocycles. The fraction of sp³-hybridized carbons (Fsp3) is 0.385. The summed E-state index contributed by atoms with van der Waals surface area (Å²) in [7, 11) is 0. The van der Waals surface area contributed by atoms with E-state index < -0.39 is 5.97 Å². The Balaban J connectivity index is 2.17. The average Bonchev–Trinajstić information content (AvgIpc) is 3.07. The fourth-order valence-corrected chi connectivity index (χ4v) is 3.92. The molecular formula is C26H30N2O4. The van der Waals surface area contributed by atoms with Crippen LogP contribution in [0.2, 0.25) is 0 Å². The largest absolute Gasteiger partial charge is 0.341 e. The lowest BCUT2D eigenvalue weighted by Gasteiger charge is -2.08. The molecule has 0 radical (unpaired) electrons. The molecule has 0 aliphatic rings. The summed E-state index contributed by atoms with van der Waals surface area (Å²) in [6.07, 6.45) is 0.397. The Labute approximate surface area is 188 Å². The molecule has 0 N–H and O–H groups in total. The highest BCUT2D eigenvalue weighted by molar-refractivity contribution is 6.46. The molecule has 0 spiro atoms. The molecule has 0 amide bonds. The zero-order valence-electron chi connectivity index (χ0n) is 19.6. The Hall–Kier alpha value is -3.28. The first-order valence-electron chi connectivity index (χ1n) is 11.0. The van der Waals surface area contributed by atoms with Crippen molar-refractivity contribution in [2.24, 2.45) is 17.0 Å². The van der Waals surface area contributed by atoms with Crippen LogP contribution in [-0.2, 0) is 16.2 Å². The normalized spacial score (nSPS) is 12.2. The smallest absolute Gasteiger partial charge is 0.331 e. The quantitative estimate of drug-likeness (QED) is 0.194. The lowest BCUT2D eigenvalue weighted by Crippen LogP contribution is -2.18. The number of carbonyl (C=O) groups is 3. The molecule has 168 valence electrons. The number of fused-ring (bicyclic) bond motifs is 3. The van der Waals surface area contributed by atoms with Gasteiger partial charge in [0, 0.05) is 52.3 Å². The molecule has 6 nitrogen and oxygen atoms in total. The van der Waals surface area contributed by atoms with Crippen molar-refractivity contribution in [2.45, 2.75) is 54.5 Å². The molecule has 0 saturated carbocycles. The first-order chi connectivity index (χ1) is 15.1. The van der Waals surface area contributed by atoms with Gasteiger partial charge in [-0.05, 0) is 55.7 Å². The van der Waals surface area contributed by atoms with Gasteiger partial charge in [-0.25, -0.2) is 4.79 Å². The van der Waals surface area contributed by atoms with Gasteiger partial charge in [-0.15, -0.1) is 0 Å². The summed E-state index contributed by atoms with van der Waals surface area (Å²) >= 11 is 0. The molecule has 0 aliphatic heterocycles. The number of aromatic nitrogens is 1. The SMILES string of the molecule is CCn1c2ccc(C(=O)/C(CC(C)C)=N/OC(C)=O)cc2c2cc(C(=O)C(C)C)ccc21. The van der Waals surface area contributed by atoms with Crippen molar-refractivity contribution in [2.75, 3.05) is 0 Å². The first-order valence-corrected chi connectivity index (χ1v) is 11.0. The minimum atomic E-state index is -0.567. The molecule has 0 atom stereocenters. The van der Waals surface area contributed by atoms with Crippen molar-refractivity contribution >= 4 is 45.1 Å². The third-order valence-corrected chi connectivity index (χ3v) is 5.40. The van der Waals surface area contributed by atoms with E-state index in [4.69, 9.17) is 4.84 Å². The molecule has 1 heterocycles. The molecule has 0 fully saturated rings. The third kappa shape index (κ3) is 4.64. The molecule has 0 unspecified atom stereocenters. The number of ketones is 2. The van der Waals surface area contributed by atoms with E-state index in [2.05, 4.69) is 16.6 Å². The van der Waals surface area contributed by atoms with Gasteiger partial charge in [0.15, 0.2) is 5.78 Å². The summed E-state index contributed by atoms with van der Waals surface area (Å²) in [5.74, 6) is -0.676. The number of aryl methyl sites for hydroxylation is 1. The lowest BCUT2D eigenvalue weighted by atomic mass is 9.97. The van der Waals surface area contributed by atoms with Gasteiger partial charge >= 0.3 is 5.97 Å². The van der Waals surface area contributed by atoms with Gasteiger partial charge in [0.05, 0.1) is 0 Å². The molecular weight excluding hydrogens is 404 g/mol. The van der Waals surface area contributed by atoms with Crippen LogP contribution in [0.3, 0.4) is 0 Å². The van der Waals surface area contributed by atoms with Crippen molar-refractivity contribution in [3.8, 4) is 0 Å². The van der Waals surface area contributed by atoms with Crippen LogP contribution < -0.4 is 0 Å². The zero-order chi connectivity index (χ0) is 23.6. The third-order valence-electron chi connectivity index (χ3n) is 5.40. The molecule has 3 aromatic rings. The molecule has 3 rings (SSSR count). The van der Waals surface area contributed by atoms with Crippen molar-refractivity contribution < 1.29 is 19.2 Å². The van der Waals surface area contributed by atoms with Crippen LogP contribution in [-0.4, -0.2) is 27.8 Å². The Bertz CT molecular complexity index is 1230. The minimum absolute atomic E-state index is 0.0873. The first kappa shape index (κ1) is 23.4. The topological polar surface area (TPSA) is 77.7 Å². The number of rotatable bonds is 8. The summed E-state index contributed by atoms with van der Waals surface area (Å²) in [6.45, 7) is 11.8. The van der Waals surface area contributed by atoms with Crippen LogP contribution >= 0.6 is 0 Å². The van der Waals surface area contributed by atoms with Crippen molar-refractivity contribution in [1.29, 1.82) is 0 Å². The standard InChI is InChI=1S/C26H30N2O4/c1-7-28-23-10-8-18(25(30)16(4)5)13-20(23)21-14-19(9-11-24(21)28)26(31)22(12-15(2)3)27-32-17(6)29/h8-11,13-16H,7,12H2,1-6H3/b27-22+. The van der Waals surface area contributed by atoms with Crippen LogP contribution in [0.25, 0.3) is 21.8 Å². The second-order valence-electron chi connectivity index (χ2n) is 8.78. The number of oxime groups is 1. The monoisotopic (exact) mass is 434 g/mol. The van der Waals surface area contributed by atoms with E-state index >= 15 is 0 Å². The van der Waals surface area contributed by atoms with Gasteiger partial charge < -0.3 is 9.40 Å². The molecule has 32 heavy (non-hydrogen) atoms. The summed E-state index contributed by atoms with van der Waals surface area (Å²) in [4.78, 5) is 41.8. The Kier molecular flexibility index (Phi) is 6.92. The lowest BCUT2D eigenvalue weighted by molar-refractivity contribution is -0.140. The molecule has 2 aromatic carbocycles. The second kappa shape index (κ2) is 9.47. The summed E-state index contributed by atoms with van der Waals surface area (Å²) in [5, 5.41) is 5.67.